The summed E-state index contributed by atoms with van der Waals surface area (Å²) < 4.78 is 0. The predicted molar refractivity (Wildman–Crippen MR) is 95.4 cm³/mol. The zero-order valence-electron chi connectivity index (χ0n) is 13.7. The molecule has 24 heavy (non-hydrogen) atoms. The molecular formula is C20H20N2O2. The van der Waals surface area contributed by atoms with Gasteiger partial charge in [-0.3, -0.25) is 9.59 Å². The number of carbonyl (C=O) groups excluding carboxylic acids is 2. The van der Waals surface area contributed by atoms with Crippen molar-refractivity contribution in [1.82, 2.24) is 5.32 Å². The molecule has 4 heteroatoms. The van der Waals surface area contributed by atoms with E-state index in [9.17, 15) is 9.59 Å². The molecule has 0 bridgehead atoms. The average Bonchev–Trinajstić information content (AvgIpc) is 2.94. The van der Waals surface area contributed by atoms with Gasteiger partial charge in [-0.1, -0.05) is 30.3 Å². The molecule has 2 amide bonds. The standard InChI is InChI=1S/C20H20N2O2/c1-3-11-21-19(23)16-8-6-9-17(13-16)20(24)22-14(2)12-15-7-4-5-10-18(15)22/h3-10,13-14H,1,11-12H2,2H3,(H,21,23). The first-order valence-corrected chi connectivity index (χ1v) is 8.02. The number of para-hydroxylation sites is 1. The maximum atomic E-state index is 13.0. The van der Waals surface area contributed by atoms with Gasteiger partial charge in [0.25, 0.3) is 11.8 Å². The van der Waals surface area contributed by atoms with E-state index >= 15 is 0 Å². The Morgan fingerprint density at radius 3 is 2.75 bits per heavy atom. The van der Waals surface area contributed by atoms with Crippen LogP contribution < -0.4 is 10.2 Å². The van der Waals surface area contributed by atoms with Gasteiger partial charge in [-0.05, 0) is 43.2 Å². The maximum absolute atomic E-state index is 13.0. The van der Waals surface area contributed by atoms with E-state index < -0.39 is 0 Å². The van der Waals surface area contributed by atoms with Crippen molar-refractivity contribution in [3.63, 3.8) is 0 Å². The van der Waals surface area contributed by atoms with Gasteiger partial charge in [-0.15, -0.1) is 6.58 Å². The summed E-state index contributed by atoms with van der Waals surface area (Å²) >= 11 is 0. The van der Waals surface area contributed by atoms with E-state index in [1.165, 1.54) is 5.56 Å². The van der Waals surface area contributed by atoms with Crippen LogP contribution in [-0.4, -0.2) is 24.4 Å². The highest BCUT2D eigenvalue weighted by atomic mass is 16.2. The average molecular weight is 320 g/mol. The van der Waals surface area contributed by atoms with Crippen molar-refractivity contribution < 1.29 is 9.59 Å². The molecular weight excluding hydrogens is 300 g/mol. The number of carbonyl (C=O) groups is 2. The minimum absolute atomic E-state index is 0.0779. The molecule has 1 N–H and O–H groups in total. The predicted octanol–water partition coefficient (Wildman–Crippen LogP) is 3.19. The van der Waals surface area contributed by atoms with E-state index in [2.05, 4.69) is 18.0 Å². The van der Waals surface area contributed by atoms with Gasteiger partial charge in [0, 0.05) is 29.4 Å². The number of nitrogens with zero attached hydrogens (tertiary/aromatic N) is 1. The summed E-state index contributed by atoms with van der Waals surface area (Å²) in [6.07, 6.45) is 2.47. The molecule has 0 spiro atoms. The van der Waals surface area contributed by atoms with E-state index in [1.54, 1.807) is 30.3 Å². The molecule has 0 saturated carbocycles. The minimum atomic E-state index is -0.209. The summed E-state index contributed by atoms with van der Waals surface area (Å²) in [5.74, 6) is -0.287. The summed E-state index contributed by atoms with van der Waals surface area (Å²) in [4.78, 5) is 26.9. The number of amides is 2. The second-order valence-corrected chi connectivity index (χ2v) is 5.94. The Labute approximate surface area is 141 Å². The number of benzene rings is 2. The summed E-state index contributed by atoms with van der Waals surface area (Å²) in [6, 6.07) is 14.9. The molecule has 3 rings (SSSR count). The number of hydrogen-bond donors (Lipinski definition) is 1. The van der Waals surface area contributed by atoms with Gasteiger partial charge < -0.3 is 10.2 Å². The van der Waals surface area contributed by atoms with E-state index in [4.69, 9.17) is 0 Å². The van der Waals surface area contributed by atoms with Crippen LogP contribution in [0.3, 0.4) is 0 Å². The third-order valence-corrected chi connectivity index (χ3v) is 4.20. The number of anilines is 1. The summed E-state index contributed by atoms with van der Waals surface area (Å²) in [5, 5.41) is 2.73. The van der Waals surface area contributed by atoms with Crippen molar-refractivity contribution in [3.8, 4) is 0 Å². The fourth-order valence-electron chi connectivity index (χ4n) is 3.07. The molecule has 0 radical (unpaired) electrons. The lowest BCUT2D eigenvalue weighted by molar-refractivity contribution is 0.0958. The van der Waals surface area contributed by atoms with Crippen molar-refractivity contribution in [2.75, 3.05) is 11.4 Å². The Bertz CT molecular complexity index is 798. The van der Waals surface area contributed by atoms with Crippen molar-refractivity contribution in [1.29, 1.82) is 0 Å². The molecule has 2 aromatic carbocycles. The Kier molecular flexibility index (Phi) is 4.47. The zero-order valence-corrected chi connectivity index (χ0v) is 13.7. The molecule has 0 fully saturated rings. The highest BCUT2D eigenvalue weighted by molar-refractivity contribution is 6.09. The Balaban J connectivity index is 1.88. The van der Waals surface area contributed by atoms with Crippen molar-refractivity contribution in [3.05, 3.63) is 77.9 Å². The van der Waals surface area contributed by atoms with Crippen LogP contribution in [0.2, 0.25) is 0 Å². The van der Waals surface area contributed by atoms with Gasteiger partial charge in [-0.2, -0.15) is 0 Å². The first kappa shape index (κ1) is 16.0. The van der Waals surface area contributed by atoms with Gasteiger partial charge in [0.05, 0.1) is 0 Å². The molecule has 1 atom stereocenters. The Morgan fingerprint density at radius 1 is 1.21 bits per heavy atom. The molecule has 0 aliphatic carbocycles. The zero-order chi connectivity index (χ0) is 17.1. The minimum Gasteiger partial charge on any atom is -0.349 e. The highest BCUT2D eigenvalue weighted by Crippen LogP contribution is 2.33. The maximum Gasteiger partial charge on any atom is 0.258 e. The first-order valence-electron chi connectivity index (χ1n) is 8.02. The number of fused-ring (bicyclic) bond motifs is 1. The number of hydrogen-bond acceptors (Lipinski definition) is 2. The van der Waals surface area contributed by atoms with Gasteiger partial charge in [0.2, 0.25) is 0 Å². The van der Waals surface area contributed by atoms with Gasteiger partial charge in [0.15, 0.2) is 0 Å². The summed E-state index contributed by atoms with van der Waals surface area (Å²) in [7, 11) is 0. The van der Waals surface area contributed by atoms with Crippen LogP contribution in [0.4, 0.5) is 5.69 Å². The summed E-state index contributed by atoms with van der Waals surface area (Å²) in [6.45, 7) is 6.02. The third-order valence-electron chi connectivity index (χ3n) is 4.20. The van der Waals surface area contributed by atoms with Crippen LogP contribution in [-0.2, 0) is 6.42 Å². The highest BCUT2D eigenvalue weighted by Gasteiger charge is 2.31. The van der Waals surface area contributed by atoms with Gasteiger partial charge in [0.1, 0.15) is 0 Å². The van der Waals surface area contributed by atoms with Crippen LogP contribution >= 0.6 is 0 Å². The van der Waals surface area contributed by atoms with E-state index in [0.717, 1.165) is 12.1 Å². The smallest absolute Gasteiger partial charge is 0.258 e. The molecule has 1 aliphatic rings. The molecule has 0 saturated heterocycles. The van der Waals surface area contributed by atoms with Gasteiger partial charge >= 0.3 is 0 Å². The number of nitrogens with one attached hydrogen (secondary N) is 1. The van der Waals surface area contributed by atoms with Crippen molar-refractivity contribution in [2.24, 2.45) is 0 Å². The van der Waals surface area contributed by atoms with Crippen LogP contribution in [0.15, 0.2) is 61.2 Å². The lowest BCUT2D eigenvalue weighted by Gasteiger charge is -2.23. The fourth-order valence-corrected chi connectivity index (χ4v) is 3.07. The van der Waals surface area contributed by atoms with E-state index in [-0.39, 0.29) is 17.9 Å². The molecule has 4 nitrogen and oxygen atoms in total. The first-order chi connectivity index (χ1) is 11.6. The van der Waals surface area contributed by atoms with Crippen molar-refractivity contribution >= 4 is 17.5 Å². The molecule has 1 aliphatic heterocycles. The van der Waals surface area contributed by atoms with E-state index in [0.29, 0.717) is 17.7 Å². The van der Waals surface area contributed by atoms with Crippen LogP contribution in [0.25, 0.3) is 0 Å². The fraction of sp³-hybridized carbons (Fsp3) is 0.200. The monoisotopic (exact) mass is 320 g/mol. The number of rotatable bonds is 4. The third kappa shape index (κ3) is 2.95. The molecule has 1 unspecified atom stereocenters. The molecule has 2 aromatic rings. The lowest BCUT2D eigenvalue weighted by Crippen LogP contribution is -2.35. The Morgan fingerprint density at radius 2 is 1.96 bits per heavy atom. The Hall–Kier alpha value is -2.88. The summed E-state index contributed by atoms with van der Waals surface area (Å²) in [5.41, 5.74) is 3.13. The van der Waals surface area contributed by atoms with Crippen LogP contribution in [0.1, 0.15) is 33.2 Å². The van der Waals surface area contributed by atoms with Crippen LogP contribution in [0.5, 0.6) is 0 Å². The molecule has 122 valence electrons. The van der Waals surface area contributed by atoms with Crippen LogP contribution in [0, 0.1) is 0 Å². The SMILES string of the molecule is C=CCNC(=O)c1cccc(C(=O)N2c3ccccc3CC2C)c1. The van der Waals surface area contributed by atoms with Gasteiger partial charge in [-0.25, -0.2) is 0 Å². The largest absolute Gasteiger partial charge is 0.349 e. The second kappa shape index (κ2) is 6.71. The quantitative estimate of drug-likeness (QED) is 0.880. The lowest BCUT2D eigenvalue weighted by atomic mass is 10.1. The normalized spacial score (nSPS) is 15.7. The van der Waals surface area contributed by atoms with Crippen molar-refractivity contribution in [2.45, 2.75) is 19.4 Å². The molecule has 0 aromatic heterocycles. The topological polar surface area (TPSA) is 49.4 Å². The molecule has 1 heterocycles. The second-order valence-electron chi connectivity index (χ2n) is 5.94. The van der Waals surface area contributed by atoms with E-state index in [1.807, 2.05) is 30.0 Å².